The number of nitriles is 1. The number of para-hydroxylation sites is 2. The van der Waals surface area contributed by atoms with Gasteiger partial charge in [0.05, 0.1) is 29.3 Å². The molecule has 1 amide bonds. The first-order valence-corrected chi connectivity index (χ1v) is 9.79. The highest BCUT2D eigenvalue weighted by Gasteiger charge is 2.25. The number of nitrogens with zero attached hydrogens (tertiary/aromatic N) is 4. The van der Waals surface area contributed by atoms with E-state index in [4.69, 9.17) is 5.26 Å². The molecule has 2 aromatic rings. The third kappa shape index (κ3) is 4.16. The first kappa shape index (κ1) is 17.8. The maximum atomic E-state index is 12.6. The summed E-state index contributed by atoms with van der Waals surface area (Å²) in [5, 5.41) is 9.74. The van der Waals surface area contributed by atoms with Crippen LogP contribution in [0.2, 0.25) is 0 Å². The summed E-state index contributed by atoms with van der Waals surface area (Å²) >= 11 is 1.48. The van der Waals surface area contributed by atoms with Gasteiger partial charge in [-0.1, -0.05) is 37.7 Å². The van der Waals surface area contributed by atoms with Crippen molar-refractivity contribution < 1.29 is 4.79 Å². The van der Waals surface area contributed by atoms with E-state index in [9.17, 15) is 4.79 Å². The van der Waals surface area contributed by atoms with E-state index < -0.39 is 0 Å². The number of likely N-dealkylation sites (tertiary alicyclic amines) is 1. The maximum Gasteiger partial charge on any atom is 0.233 e. The molecular formula is C19H24N4OS. The van der Waals surface area contributed by atoms with Crippen molar-refractivity contribution in [2.75, 3.05) is 18.8 Å². The first-order chi connectivity index (χ1) is 12.1. The van der Waals surface area contributed by atoms with Gasteiger partial charge < -0.3 is 9.47 Å². The molecule has 1 fully saturated rings. The second-order valence-electron chi connectivity index (χ2n) is 6.98. The van der Waals surface area contributed by atoms with Crippen LogP contribution in [0, 0.1) is 23.2 Å². The highest BCUT2D eigenvalue weighted by atomic mass is 32.2. The Balaban J connectivity index is 1.72. The van der Waals surface area contributed by atoms with Crippen molar-refractivity contribution in [3.63, 3.8) is 0 Å². The average Bonchev–Trinajstić information content (AvgIpc) is 2.94. The van der Waals surface area contributed by atoms with Gasteiger partial charge in [-0.2, -0.15) is 5.26 Å². The molecule has 0 spiro atoms. The topological polar surface area (TPSA) is 61.9 Å². The number of fused-ring (bicyclic) bond motifs is 1. The second-order valence-corrected chi connectivity index (χ2v) is 7.92. The minimum atomic E-state index is 0.183. The quantitative estimate of drug-likeness (QED) is 0.769. The normalized spacial score (nSPS) is 20.6. The Bertz CT molecular complexity index is 784. The molecule has 1 aromatic carbocycles. The molecule has 132 valence electrons. The van der Waals surface area contributed by atoms with Gasteiger partial charge in [0.2, 0.25) is 5.91 Å². The molecule has 1 aliphatic rings. The maximum absolute atomic E-state index is 12.6. The summed E-state index contributed by atoms with van der Waals surface area (Å²) in [6.45, 7) is 6.74. The van der Waals surface area contributed by atoms with Crippen LogP contribution in [0.25, 0.3) is 11.0 Å². The molecule has 2 heterocycles. The van der Waals surface area contributed by atoms with Gasteiger partial charge in [0.15, 0.2) is 5.16 Å². The summed E-state index contributed by atoms with van der Waals surface area (Å²) in [4.78, 5) is 19.3. The van der Waals surface area contributed by atoms with Crippen LogP contribution in [0.5, 0.6) is 0 Å². The van der Waals surface area contributed by atoms with Crippen LogP contribution in [0.4, 0.5) is 0 Å². The molecule has 2 atom stereocenters. The van der Waals surface area contributed by atoms with Gasteiger partial charge >= 0.3 is 0 Å². The highest BCUT2D eigenvalue weighted by molar-refractivity contribution is 7.99. The third-order valence-corrected chi connectivity index (χ3v) is 5.57. The number of amides is 1. The monoisotopic (exact) mass is 356 g/mol. The third-order valence-electron chi connectivity index (χ3n) is 4.61. The van der Waals surface area contributed by atoms with E-state index in [1.165, 1.54) is 18.2 Å². The molecule has 0 radical (unpaired) electrons. The number of aryl methyl sites for hydroxylation is 1. The van der Waals surface area contributed by atoms with Crippen molar-refractivity contribution in [2.45, 2.75) is 38.4 Å². The molecule has 0 N–H and O–H groups in total. The number of thioether (sulfide) groups is 1. The number of carbonyl (C=O) groups excluding carboxylic acids is 1. The summed E-state index contributed by atoms with van der Waals surface area (Å²) in [6, 6.07) is 10.1. The fourth-order valence-electron chi connectivity index (χ4n) is 3.63. The molecule has 0 unspecified atom stereocenters. The lowest BCUT2D eigenvalue weighted by Crippen LogP contribution is -2.43. The zero-order chi connectivity index (χ0) is 17.8. The van der Waals surface area contributed by atoms with Gasteiger partial charge in [-0.15, -0.1) is 0 Å². The van der Waals surface area contributed by atoms with E-state index in [1.54, 1.807) is 0 Å². The Morgan fingerprint density at radius 2 is 2.04 bits per heavy atom. The minimum absolute atomic E-state index is 0.183. The molecule has 0 saturated carbocycles. The number of carbonyl (C=O) groups is 1. The van der Waals surface area contributed by atoms with Gasteiger partial charge in [0.25, 0.3) is 0 Å². The number of piperidine rings is 1. The van der Waals surface area contributed by atoms with Crippen LogP contribution >= 0.6 is 11.8 Å². The minimum Gasteiger partial charge on any atom is -0.341 e. The molecule has 5 nitrogen and oxygen atoms in total. The molecule has 1 aromatic heterocycles. The Morgan fingerprint density at radius 1 is 1.32 bits per heavy atom. The Morgan fingerprint density at radius 3 is 2.76 bits per heavy atom. The molecule has 0 aliphatic carbocycles. The summed E-state index contributed by atoms with van der Waals surface area (Å²) < 4.78 is 2.05. The van der Waals surface area contributed by atoms with E-state index in [0.29, 0.717) is 30.6 Å². The molecule has 3 rings (SSSR count). The SMILES string of the molecule is C[C@H]1C[C@H](C)CN(C(=O)CSc2nc3ccccc3n2CCC#N)C1. The van der Waals surface area contributed by atoms with Crippen LogP contribution in [-0.2, 0) is 11.3 Å². The summed E-state index contributed by atoms with van der Waals surface area (Å²) in [5.74, 6) is 1.72. The fraction of sp³-hybridized carbons (Fsp3) is 0.526. The van der Waals surface area contributed by atoms with Crippen LogP contribution in [0.15, 0.2) is 29.4 Å². The van der Waals surface area contributed by atoms with Crippen LogP contribution in [0.3, 0.4) is 0 Å². The van der Waals surface area contributed by atoms with Crippen molar-refractivity contribution in [3.8, 4) is 6.07 Å². The summed E-state index contributed by atoms with van der Waals surface area (Å²) in [6.07, 6.45) is 1.63. The average molecular weight is 356 g/mol. The number of imidazole rings is 1. The van der Waals surface area contributed by atoms with E-state index >= 15 is 0 Å². The van der Waals surface area contributed by atoms with E-state index in [2.05, 4.69) is 29.5 Å². The van der Waals surface area contributed by atoms with Crippen LogP contribution in [-0.4, -0.2) is 39.2 Å². The van der Waals surface area contributed by atoms with E-state index in [0.717, 1.165) is 29.3 Å². The van der Waals surface area contributed by atoms with Crippen molar-refractivity contribution in [1.29, 1.82) is 5.26 Å². The standard InChI is InChI=1S/C19H24N4OS/c1-14-10-15(2)12-22(11-14)18(24)13-25-19-21-16-6-3-4-7-17(16)23(19)9-5-8-20/h3-4,6-7,14-15H,5,9-13H2,1-2H3/t14-,15-/m0/s1. The van der Waals surface area contributed by atoms with E-state index in [-0.39, 0.29) is 5.91 Å². The smallest absolute Gasteiger partial charge is 0.233 e. The molecule has 25 heavy (non-hydrogen) atoms. The van der Waals surface area contributed by atoms with Crippen LogP contribution < -0.4 is 0 Å². The zero-order valence-electron chi connectivity index (χ0n) is 14.8. The molecule has 1 aliphatic heterocycles. The van der Waals surface area contributed by atoms with Crippen LogP contribution in [0.1, 0.15) is 26.7 Å². The van der Waals surface area contributed by atoms with Crippen molar-refractivity contribution in [2.24, 2.45) is 11.8 Å². The first-order valence-electron chi connectivity index (χ1n) is 8.81. The lowest BCUT2D eigenvalue weighted by atomic mass is 9.92. The van der Waals surface area contributed by atoms with Crippen molar-refractivity contribution in [1.82, 2.24) is 14.5 Å². The Kier molecular flexibility index (Phi) is 5.64. The number of hydrogen-bond donors (Lipinski definition) is 0. The lowest BCUT2D eigenvalue weighted by Gasteiger charge is -2.35. The van der Waals surface area contributed by atoms with E-state index in [1.807, 2.05) is 29.2 Å². The van der Waals surface area contributed by atoms with Crippen molar-refractivity contribution in [3.05, 3.63) is 24.3 Å². The Hall–Kier alpha value is -2.00. The lowest BCUT2D eigenvalue weighted by molar-refractivity contribution is -0.130. The number of hydrogen-bond acceptors (Lipinski definition) is 4. The number of benzene rings is 1. The second kappa shape index (κ2) is 7.92. The molecule has 0 bridgehead atoms. The fourth-order valence-corrected chi connectivity index (χ4v) is 4.57. The van der Waals surface area contributed by atoms with Gasteiger partial charge in [-0.05, 0) is 30.4 Å². The van der Waals surface area contributed by atoms with Gasteiger partial charge in [0, 0.05) is 19.6 Å². The van der Waals surface area contributed by atoms with Gasteiger partial charge in [-0.3, -0.25) is 4.79 Å². The predicted octanol–water partition coefficient (Wildman–Crippen LogP) is 3.55. The predicted molar refractivity (Wildman–Crippen MR) is 100 cm³/mol. The molecule has 6 heteroatoms. The Labute approximate surface area is 153 Å². The summed E-state index contributed by atoms with van der Waals surface area (Å²) in [5.41, 5.74) is 1.93. The van der Waals surface area contributed by atoms with Crippen molar-refractivity contribution >= 4 is 28.7 Å². The molecular weight excluding hydrogens is 332 g/mol. The van der Waals surface area contributed by atoms with Gasteiger partial charge in [0.1, 0.15) is 0 Å². The highest BCUT2D eigenvalue weighted by Crippen LogP contribution is 2.26. The zero-order valence-corrected chi connectivity index (χ0v) is 15.6. The van der Waals surface area contributed by atoms with Gasteiger partial charge in [-0.25, -0.2) is 4.98 Å². The largest absolute Gasteiger partial charge is 0.341 e. The molecule has 1 saturated heterocycles. The number of rotatable bonds is 5. The summed E-state index contributed by atoms with van der Waals surface area (Å²) in [7, 11) is 0. The number of aromatic nitrogens is 2.